The summed E-state index contributed by atoms with van der Waals surface area (Å²) in [5, 5.41) is 11.7. The van der Waals surface area contributed by atoms with Gasteiger partial charge < -0.3 is 9.64 Å². The van der Waals surface area contributed by atoms with Gasteiger partial charge in [0, 0.05) is 43.5 Å². The SMILES string of the molecule is Cc1cnc2c(C(=O)N3CCC(c4cc(CCOc5ccccc5F)[nH]n4)C3)cnn2c1. The molecule has 1 aliphatic rings. The number of carbonyl (C=O) groups is 1. The first-order valence-corrected chi connectivity index (χ1v) is 10.6. The van der Waals surface area contributed by atoms with Crippen LogP contribution in [-0.4, -0.2) is 55.3 Å². The first-order chi connectivity index (χ1) is 15.6. The van der Waals surface area contributed by atoms with Crippen LogP contribution in [0.4, 0.5) is 4.39 Å². The summed E-state index contributed by atoms with van der Waals surface area (Å²) in [5.74, 6) is -0.0269. The molecule has 0 radical (unpaired) electrons. The molecule has 1 unspecified atom stereocenters. The van der Waals surface area contributed by atoms with E-state index in [0.717, 1.165) is 23.4 Å². The van der Waals surface area contributed by atoms with E-state index < -0.39 is 0 Å². The third kappa shape index (κ3) is 3.93. The number of hydrogen-bond acceptors (Lipinski definition) is 5. The number of rotatable bonds is 6. The van der Waals surface area contributed by atoms with Crippen LogP contribution in [-0.2, 0) is 6.42 Å². The van der Waals surface area contributed by atoms with E-state index >= 15 is 0 Å². The van der Waals surface area contributed by atoms with E-state index in [2.05, 4.69) is 20.3 Å². The highest BCUT2D eigenvalue weighted by Crippen LogP contribution is 2.28. The molecule has 164 valence electrons. The number of nitrogens with one attached hydrogen (secondary N) is 1. The molecule has 9 heteroatoms. The van der Waals surface area contributed by atoms with Crippen molar-refractivity contribution in [2.24, 2.45) is 0 Å². The molecule has 3 aromatic heterocycles. The van der Waals surface area contributed by atoms with Gasteiger partial charge in [0.15, 0.2) is 17.2 Å². The molecule has 4 aromatic rings. The number of benzene rings is 1. The van der Waals surface area contributed by atoms with Crippen molar-refractivity contribution in [1.29, 1.82) is 0 Å². The smallest absolute Gasteiger partial charge is 0.259 e. The molecule has 0 bridgehead atoms. The fraction of sp³-hybridized carbons (Fsp3) is 0.304. The molecule has 5 rings (SSSR count). The molecule has 0 spiro atoms. The number of para-hydroxylation sites is 1. The first kappa shape index (κ1) is 20.2. The number of hydrogen-bond donors (Lipinski definition) is 1. The Balaban J connectivity index is 1.20. The highest BCUT2D eigenvalue weighted by Gasteiger charge is 2.31. The molecular weight excluding hydrogens is 411 g/mol. The molecule has 0 aliphatic carbocycles. The molecule has 1 aliphatic heterocycles. The summed E-state index contributed by atoms with van der Waals surface area (Å²) in [4.78, 5) is 19.3. The van der Waals surface area contributed by atoms with E-state index in [0.29, 0.717) is 37.3 Å². The van der Waals surface area contributed by atoms with Gasteiger partial charge in [-0.3, -0.25) is 9.89 Å². The molecule has 8 nitrogen and oxygen atoms in total. The molecule has 1 aromatic carbocycles. The number of aromatic nitrogens is 5. The zero-order valence-corrected chi connectivity index (χ0v) is 17.7. The second-order valence-electron chi connectivity index (χ2n) is 8.04. The van der Waals surface area contributed by atoms with Crippen LogP contribution in [0.5, 0.6) is 5.75 Å². The summed E-state index contributed by atoms with van der Waals surface area (Å²) >= 11 is 0. The lowest BCUT2D eigenvalue weighted by molar-refractivity contribution is 0.0792. The Morgan fingerprint density at radius 2 is 2.19 bits per heavy atom. The number of halogens is 1. The molecule has 1 atom stereocenters. The van der Waals surface area contributed by atoms with Gasteiger partial charge >= 0.3 is 0 Å². The largest absolute Gasteiger partial charge is 0.490 e. The second kappa shape index (κ2) is 8.41. The third-order valence-electron chi connectivity index (χ3n) is 5.73. The molecule has 0 saturated carbocycles. The Morgan fingerprint density at radius 1 is 1.31 bits per heavy atom. The van der Waals surface area contributed by atoms with Gasteiger partial charge in [-0.1, -0.05) is 12.1 Å². The molecule has 32 heavy (non-hydrogen) atoms. The Morgan fingerprint density at radius 3 is 3.06 bits per heavy atom. The average Bonchev–Trinajstić information content (AvgIpc) is 3.54. The summed E-state index contributed by atoms with van der Waals surface area (Å²) in [5.41, 5.74) is 3.91. The minimum absolute atomic E-state index is 0.0621. The molecule has 1 saturated heterocycles. The van der Waals surface area contributed by atoms with Crippen LogP contribution >= 0.6 is 0 Å². The van der Waals surface area contributed by atoms with Crippen molar-refractivity contribution in [3.8, 4) is 5.75 Å². The van der Waals surface area contributed by atoms with Crippen molar-refractivity contribution < 1.29 is 13.9 Å². The van der Waals surface area contributed by atoms with Gasteiger partial charge in [0.1, 0.15) is 5.56 Å². The number of carbonyl (C=O) groups excluding carboxylic acids is 1. The highest BCUT2D eigenvalue weighted by molar-refractivity contribution is 5.99. The maximum atomic E-state index is 13.6. The molecule has 4 heterocycles. The van der Waals surface area contributed by atoms with E-state index in [9.17, 15) is 9.18 Å². The Hall–Kier alpha value is -3.75. The molecule has 1 fully saturated rings. The molecular formula is C23H23FN6O2. The van der Waals surface area contributed by atoms with Gasteiger partial charge in [-0.15, -0.1) is 0 Å². The van der Waals surface area contributed by atoms with Crippen molar-refractivity contribution in [3.63, 3.8) is 0 Å². The monoisotopic (exact) mass is 434 g/mol. The first-order valence-electron chi connectivity index (χ1n) is 10.6. The Labute approximate surface area is 184 Å². The van der Waals surface area contributed by atoms with Crippen molar-refractivity contribution in [1.82, 2.24) is 29.7 Å². The summed E-state index contributed by atoms with van der Waals surface area (Å²) in [6, 6.07) is 8.36. The quantitative estimate of drug-likeness (QED) is 0.504. The summed E-state index contributed by atoms with van der Waals surface area (Å²) < 4.78 is 20.8. The van der Waals surface area contributed by atoms with Crippen molar-refractivity contribution >= 4 is 11.6 Å². The third-order valence-corrected chi connectivity index (χ3v) is 5.73. The van der Waals surface area contributed by atoms with E-state index in [1.165, 1.54) is 6.07 Å². The summed E-state index contributed by atoms with van der Waals surface area (Å²) in [7, 11) is 0. The van der Waals surface area contributed by atoms with Crippen LogP contribution in [0.2, 0.25) is 0 Å². The predicted molar refractivity (Wildman–Crippen MR) is 115 cm³/mol. The van der Waals surface area contributed by atoms with Crippen molar-refractivity contribution in [3.05, 3.63) is 77.3 Å². The van der Waals surface area contributed by atoms with Crippen molar-refractivity contribution in [2.45, 2.75) is 25.7 Å². The van der Waals surface area contributed by atoms with Crippen LogP contribution in [0.1, 0.15) is 39.6 Å². The number of ether oxygens (including phenoxy) is 1. The van der Waals surface area contributed by atoms with E-state index in [1.54, 1.807) is 35.1 Å². The summed E-state index contributed by atoms with van der Waals surface area (Å²) in [6.45, 7) is 3.54. The lowest BCUT2D eigenvalue weighted by Crippen LogP contribution is -2.28. The van der Waals surface area contributed by atoms with Gasteiger partial charge in [-0.25, -0.2) is 13.9 Å². The van der Waals surface area contributed by atoms with Crippen LogP contribution in [0.3, 0.4) is 0 Å². The van der Waals surface area contributed by atoms with Crippen LogP contribution in [0.25, 0.3) is 5.65 Å². The highest BCUT2D eigenvalue weighted by atomic mass is 19.1. The number of aryl methyl sites for hydroxylation is 1. The zero-order chi connectivity index (χ0) is 22.1. The lowest BCUT2D eigenvalue weighted by atomic mass is 10.0. The van der Waals surface area contributed by atoms with Gasteiger partial charge in [0.2, 0.25) is 0 Å². The normalized spacial score (nSPS) is 16.1. The van der Waals surface area contributed by atoms with E-state index in [-0.39, 0.29) is 23.4 Å². The number of fused-ring (bicyclic) bond motifs is 1. The van der Waals surface area contributed by atoms with Gasteiger partial charge in [-0.2, -0.15) is 10.2 Å². The van der Waals surface area contributed by atoms with E-state index in [4.69, 9.17) is 4.74 Å². The minimum atomic E-state index is -0.370. The standard InChI is InChI=1S/C23H23FN6O2/c1-15-11-25-22-18(12-26-30(22)13-15)23(31)29-8-6-16(14-29)20-10-17(27-28-20)7-9-32-21-5-3-2-4-19(21)24/h2-5,10-13,16H,6-9,14H2,1H3,(H,27,28). The number of H-pyrrole nitrogens is 1. The fourth-order valence-corrected chi connectivity index (χ4v) is 4.02. The number of likely N-dealkylation sites (tertiary alicyclic amines) is 1. The molecule has 1 N–H and O–H groups in total. The zero-order valence-electron chi connectivity index (χ0n) is 17.7. The number of amides is 1. The van der Waals surface area contributed by atoms with Crippen LogP contribution in [0.15, 0.2) is 48.9 Å². The Kier molecular flexibility index (Phi) is 5.30. The topological polar surface area (TPSA) is 88.4 Å². The average molecular weight is 434 g/mol. The van der Waals surface area contributed by atoms with E-state index in [1.807, 2.05) is 24.1 Å². The van der Waals surface area contributed by atoms with Gasteiger partial charge in [0.05, 0.1) is 18.5 Å². The number of nitrogens with zero attached hydrogens (tertiary/aromatic N) is 5. The van der Waals surface area contributed by atoms with Gasteiger partial charge in [0.25, 0.3) is 5.91 Å². The molecule has 1 amide bonds. The Bertz CT molecular complexity index is 1270. The van der Waals surface area contributed by atoms with Crippen molar-refractivity contribution in [2.75, 3.05) is 19.7 Å². The predicted octanol–water partition coefficient (Wildman–Crippen LogP) is 3.15. The maximum absolute atomic E-state index is 13.6. The van der Waals surface area contributed by atoms with Gasteiger partial charge in [-0.05, 0) is 37.1 Å². The number of aromatic amines is 1. The maximum Gasteiger partial charge on any atom is 0.259 e. The van der Waals surface area contributed by atoms with Crippen LogP contribution < -0.4 is 4.74 Å². The lowest BCUT2D eigenvalue weighted by Gasteiger charge is -2.15. The summed E-state index contributed by atoms with van der Waals surface area (Å²) in [6.07, 6.45) is 6.60. The fourth-order valence-electron chi connectivity index (χ4n) is 4.02. The van der Waals surface area contributed by atoms with Crippen LogP contribution in [0, 0.1) is 12.7 Å². The minimum Gasteiger partial charge on any atom is -0.490 e. The second-order valence-corrected chi connectivity index (χ2v) is 8.04.